The first-order valence-corrected chi connectivity index (χ1v) is 7.07. The minimum Gasteiger partial charge on any atom is -0.371 e. The predicted octanol–water partition coefficient (Wildman–Crippen LogP) is 3.72. The fourth-order valence-electron chi connectivity index (χ4n) is 2.69. The highest BCUT2D eigenvalue weighted by Gasteiger charge is 2.22. The summed E-state index contributed by atoms with van der Waals surface area (Å²) in [4.78, 5) is 2.50. The van der Waals surface area contributed by atoms with E-state index in [1.54, 1.807) is 0 Å². The second-order valence-electron chi connectivity index (χ2n) is 6.61. The SMILES string of the molecule is CC(C)(C)CCCN1CCC(N)c2ccccc21. The van der Waals surface area contributed by atoms with Crippen LogP contribution in [0.15, 0.2) is 24.3 Å². The molecule has 0 aromatic heterocycles. The van der Waals surface area contributed by atoms with Crippen LogP contribution in [0.5, 0.6) is 0 Å². The number of rotatable bonds is 3. The molecule has 2 N–H and O–H groups in total. The van der Waals surface area contributed by atoms with E-state index in [0.29, 0.717) is 5.41 Å². The van der Waals surface area contributed by atoms with Crippen molar-refractivity contribution in [2.24, 2.45) is 11.1 Å². The Bertz CT molecular complexity index is 392. The van der Waals surface area contributed by atoms with Crippen molar-refractivity contribution in [2.75, 3.05) is 18.0 Å². The zero-order chi connectivity index (χ0) is 13.2. The number of hydrogen-bond donors (Lipinski definition) is 1. The number of fused-ring (bicyclic) bond motifs is 1. The molecule has 1 aliphatic heterocycles. The first kappa shape index (κ1) is 13.4. The maximum atomic E-state index is 6.18. The van der Waals surface area contributed by atoms with Gasteiger partial charge in [0.2, 0.25) is 0 Å². The molecular formula is C16H26N2. The van der Waals surface area contributed by atoms with Crippen LogP contribution in [-0.2, 0) is 0 Å². The van der Waals surface area contributed by atoms with E-state index in [1.807, 2.05) is 0 Å². The van der Waals surface area contributed by atoms with Crippen molar-refractivity contribution >= 4 is 5.69 Å². The molecule has 1 aromatic rings. The van der Waals surface area contributed by atoms with Gasteiger partial charge in [-0.05, 0) is 36.3 Å². The molecule has 0 amide bonds. The van der Waals surface area contributed by atoms with E-state index in [4.69, 9.17) is 5.73 Å². The van der Waals surface area contributed by atoms with E-state index < -0.39 is 0 Å². The number of nitrogens with two attached hydrogens (primary N) is 1. The van der Waals surface area contributed by atoms with E-state index >= 15 is 0 Å². The summed E-state index contributed by atoms with van der Waals surface area (Å²) in [7, 11) is 0. The number of anilines is 1. The zero-order valence-corrected chi connectivity index (χ0v) is 11.9. The predicted molar refractivity (Wildman–Crippen MR) is 78.9 cm³/mol. The third-order valence-electron chi connectivity index (χ3n) is 3.74. The Morgan fingerprint density at radius 1 is 1.28 bits per heavy atom. The monoisotopic (exact) mass is 246 g/mol. The molecule has 0 spiro atoms. The summed E-state index contributed by atoms with van der Waals surface area (Å²) in [5.41, 5.74) is 9.29. The van der Waals surface area contributed by atoms with E-state index in [2.05, 4.69) is 49.9 Å². The molecular weight excluding hydrogens is 220 g/mol. The van der Waals surface area contributed by atoms with Gasteiger partial charge in [-0.1, -0.05) is 39.0 Å². The summed E-state index contributed by atoms with van der Waals surface area (Å²) in [5.74, 6) is 0. The summed E-state index contributed by atoms with van der Waals surface area (Å²) < 4.78 is 0. The van der Waals surface area contributed by atoms with Crippen molar-refractivity contribution < 1.29 is 0 Å². The Balaban J connectivity index is 2.01. The molecule has 0 saturated heterocycles. The largest absolute Gasteiger partial charge is 0.371 e. The van der Waals surface area contributed by atoms with E-state index in [9.17, 15) is 0 Å². The number of benzene rings is 1. The maximum absolute atomic E-state index is 6.18. The van der Waals surface area contributed by atoms with Gasteiger partial charge in [0.1, 0.15) is 0 Å². The summed E-state index contributed by atoms with van der Waals surface area (Å²) in [6.45, 7) is 9.19. The average molecular weight is 246 g/mol. The molecule has 2 nitrogen and oxygen atoms in total. The number of nitrogens with zero attached hydrogens (tertiary/aromatic N) is 1. The van der Waals surface area contributed by atoms with Crippen LogP contribution < -0.4 is 10.6 Å². The quantitative estimate of drug-likeness (QED) is 0.880. The van der Waals surface area contributed by atoms with Crippen molar-refractivity contribution in [3.05, 3.63) is 29.8 Å². The van der Waals surface area contributed by atoms with E-state index in [0.717, 1.165) is 19.5 Å². The van der Waals surface area contributed by atoms with E-state index in [1.165, 1.54) is 24.1 Å². The average Bonchev–Trinajstić information content (AvgIpc) is 2.31. The minimum absolute atomic E-state index is 0.222. The number of hydrogen-bond acceptors (Lipinski definition) is 2. The van der Waals surface area contributed by atoms with Crippen LogP contribution in [0.4, 0.5) is 5.69 Å². The molecule has 1 atom stereocenters. The second kappa shape index (κ2) is 5.31. The molecule has 0 saturated carbocycles. The highest BCUT2D eigenvalue weighted by molar-refractivity contribution is 5.56. The molecule has 1 aliphatic rings. The molecule has 1 heterocycles. The van der Waals surface area contributed by atoms with Gasteiger partial charge < -0.3 is 10.6 Å². The Morgan fingerprint density at radius 3 is 2.72 bits per heavy atom. The molecule has 18 heavy (non-hydrogen) atoms. The van der Waals surface area contributed by atoms with Crippen molar-refractivity contribution in [3.63, 3.8) is 0 Å². The Morgan fingerprint density at radius 2 is 2.00 bits per heavy atom. The first-order chi connectivity index (χ1) is 8.47. The van der Waals surface area contributed by atoms with Crippen LogP contribution in [0.2, 0.25) is 0 Å². The van der Waals surface area contributed by atoms with Crippen LogP contribution in [0.3, 0.4) is 0 Å². The van der Waals surface area contributed by atoms with Gasteiger partial charge in [-0.25, -0.2) is 0 Å². The topological polar surface area (TPSA) is 29.3 Å². The standard InChI is InChI=1S/C16H26N2/c1-16(2,3)10-6-11-18-12-9-14(17)13-7-4-5-8-15(13)18/h4-5,7-8,14H,6,9-12,17H2,1-3H3. The highest BCUT2D eigenvalue weighted by Crippen LogP contribution is 2.32. The lowest BCUT2D eigenvalue weighted by Crippen LogP contribution is -2.34. The van der Waals surface area contributed by atoms with Gasteiger partial charge in [0.05, 0.1) is 0 Å². The second-order valence-corrected chi connectivity index (χ2v) is 6.61. The van der Waals surface area contributed by atoms with Crippen LogP contribution in [0, 0.1) is 5.41 Å². The first-order valence-electron chi connectivity index (χ1n) is 7.07. The van der Waals surface area contributed by atoms with Crippen molar-refractivity contribution in [2.45, 2.75) is 46.1 Å². The maximum Gasteiger partial charge on any atom is 0.0414 e. The zero-order valence-electron chi connectivity index (χ0n) is 11.9. The Labute approximate surface area is 111 Å². The fourth-order valence-corrected chi connectivity index (χ4v) is 2.69. The van der Waals surface area contributed by atoms with Gasteiger partial charge in [-0.3, -0.25) is 0 Å². The summed E-state index contributed by atoms with van der Waals surface area (Å²) in [6.07, 6.45) is 3.61. The van der Waals surface area contributed by atoms with Crippen LogP contribution in [0.1, 0.15) is 51.6 Å². The van der Waals surface area contributed by atoms with Gasteiger partial charge >= 0.3 is 0 Å². The van der Waals surface area contributed by atoms with Crippen molar-refractivity contribution in [1.29, 1.82) is 0 Å². The van der Waals surface area contributed by atoms with Gasteiger partial charge in [-0.2, -0.15) is 0 Å². The minimum atomic E-state index is 0.222. The van der Waals surface area contributed by atoms with Gasteiger partial charge in [-0.15, -0.1) is 0 Å². The van der Waals surface area contributed by atoms with Crippen molar-refractivity contribution in [3.8, 4) is 0 Å². The Hall–Kier alpha value is -1.02. The molecule has 2 rings (SSSR count). The Kier molecular flexibility index (Phi) is 3.96. The van der Waals surface area contributed by atoms with Gasteiger partial charge in [0, 0.05) is 24.8 Å². The normalized spacial score (nSPS) is 19.8. The summed E-state index contributed by atoms with van der Waals surface area (Å²) in [6, 6.07) is 8.83. The molecule has 1 unspecified atom stereocenters. The van der Waals surface area contributed by atoms with Crippen LogP contribution in [0.25, 0.3) is 0 Å². The lowest BCUT2D eigenvalue weighted by atomic mass is 9.90. The van der Waals surface area contributed by atoms with Crippen LogP contribution in [-0.4, -0.2) is 13.1 Å². The molecule has 100 valence electrons. The third kappa shape index (κ3) is 3.26. The molecule has 0 bridgehead atoms. The lowest BCUT2D eigenvalue weighted by molar-refractivity contribution is 0.365. The molecule has 2 heteroatoms. The molecule has 1 aromatic carbocycles. The third-order valence-corrected chi connectivity index (χ3v) is 3.74. The highest BCUT2D eigenvalue weighted by atomic mass is 15.1. The van der Waals surface area contributed by atoms with E-state index in [-0.39, 0.29) is 6.04 Å². The lowest BCUT2D eigenvalue weighted by Gasteiger charge is -2.35. The van der Waals surface area contributed by atoms with Gasteiger partial charge in [0.15, 0.2) is 0 Å². The van der Waals surface area contributed by atoms with Gasteiger partial charge in [0.25, 0.3) is 0 Å². The summed E-state index contributed by atoms with van der Waals surface area (Å²) in [5, 5.41) is 0. The van der Waals surface area contributed by atoms with Crippen molar-refractivity contribution in [1.82, 2.24) is 0 Å². The van der Waals surface area contributed by atoms with Crippen LogP contribution >= 0.6 is 0 Å². The summed E-state index contributed by atoms with van der Waals surface area (Å²) >= 11 is 0. The molecule has 0 fully saturated rings. The molecule has 0 aliphatic carbocycles. The smallest absolute Gasteiger partial charge is 0.0414 e. The fraction of sp³-hybridized carbons (Fsp3) is 0.625. The molecule has 0 radical (unpaired) electrons. The number of para-hydroxylation sites is 1.